The average molecular weight is 288 g/mol. The molecule has 0 radical (unpaired) electrons. The minimum atomic E-state index is 0.170. The SMILES string of the molecule is CN1CCC[C@@H]1[C@@H]1CCCN1C(=O)[C@H]1C[C@@H]1c1ccco1. The Kier molecular flexibility index (Phi) is 3.29. The molecule has 0 unspecified atom stereocenters. The smallest absolute Gasteiger partial charge is 0.226 e. The molecule has 1 saturated carbocycles. The fourth-order valence-corrected chi connectivity index (χ4v) is 4.39. The second-order valence-corrected chi connectivity index (χ2v) is 6.90. The van der Waals surface area contributed by atoms with E-state index in [0.29, 0.717) is 23.9 Å². The maximum Gasteiger partial charge on any atom is 0.226 e. The van der Waals surface area contributed by atoms with E-state index in [1.807, 2.05) is 12.1 Å². The molecule has 4 heteroatoms. The lowest BCUT2D eigenvalue weighted by molar-refractivity contribution is -0.134. The molecule has 0 aromatic carbocycles. The molecular weight excluding hydrogens is 264 g/mol. The van der Waals surface area contributed by atoms with Crippen molar-refractivity contribution >= 4 is 5.91 Å². The third kappa shape index (κ3) is 2.30. The van der Waals surface area contributed by atoms with Gasteiger partial charge in [-0.25, -0.2) is 0 Å². The minimum Gasteiger partial charge on any atom is -0.469 e. The van der Waals surface area contributed by atoms with Gasteiger partial charge in [0.2, 0.25) is 5.91 Å². The zero-order valence-corrected chi connectivity index (χ0v) is 12.7. The van der Waals surface area contributed by atoms with Crippen LogP contribution in [0.4, 0.5) is 0 Å². The molecule has 2 aliphatic heterocycles. The summed E-state index contributed by atoms with van der Waals surface area (Å²) in [5.74, 6) is 1.86. The summed E-state index contributed by atoms with van der Waals surface area (Å²) in [4.78, 5) is 17.5. The van der Waals surface area contributed by atoms with E-state index in [1.54, 1.807) is 6.26 Å². The van der Waals surface area contributed by atoms with Crippen LogP contribution in [0.2, 0.25) is 0 Å². The number of furan rings is 1. The highest BCUT2D eigenvalue weighted by Gasteiger charge is 2.50. The average Bonchev–Trinajstić information content (AvgIpc) is 2.94. The van der Waals surface area contributed by atoms with Gasteiger partial charge in [0, 0.05) is 30.5 Å². The van der Waals surface area contributed by atoms with E-state index in [0.717, 1.165) is 18.7 Å². The summed E-state index contributed by atoms with van der Waals surface area (Å²) in [5.41, 5.74) is 0. The van der Waals surface area contributed by atoms with Gasteiger partial charge in [0.25, 0.3) is 0 Å². The van der Waals surface area contributed by atoms with E-state index < -0.39 is 0 Å². The van der Waals surface area contributed by atoms with Gasteiger partial charge in [-0.15, -0.1) is 0 Å². The molecule has 2 saturated heterocycles. The van der Waals surface area contributed by atoms with Gasteiger partial charge in [-0.1, -0.05) is 0 Å². The summed E-state index contributed by atoms with van der Waals surface area (Å²) in [6, 6.07) is 4.95. The molecule has 1 aromatic rings. The van der Waals surface area contributed by atoms with E-state index in [9.17, 15) is 4.79 Å². The Morgan fingerprint density at radius 2 is 2.05 bits per heavy atom. The molecule has 21 heavy (non-hydrogen) atoms. The molecule has 4 atom stereocenters. The fourth-order valence-electron chi connectivity index (χ4n) is 4.39. The number of amides is 1. The van der Waals surface area contributed by atoms with Crippen LogP contribution in [0, 0.1) is 5.92 Å². The monoisotopic (exact) mass is 288 g/mol. The lowest BCUT2D eigenvalue weighted by atomic mass is 10.0. The highest BCUT2D eigenvalue weighted by molar-refractivity contribution is 5.83. The molecule has 3 fully saturated rings. The van der Waals surface area contributed by atoms with Crippen molar-refractivity contribution in [2.45, 2.75) is 50.1 Å². The van der Waals surface area contributed by atoms with Crippen molar-refractivity contribution < 1.29 is 9.21 Å². The first kappa shape index (κ1) is 13.4. The number of likely N-dealkylation sites (N-methyl/N-ethyl adjacent to an activating group) is 1. The molecular formula is C17H24N2O2. The van der Waals surface area contributed by atoms with Crippen LogP contribution in [0.1, 0.15) is 43.8 Å². The quantitative estimate of drug-likeness (QED) is 0.857. The van der Waals surface area contributed by atoms with Crippen molar-refractivity contribution in [3.8, 4) is 0 Å². The van der Waals surface area contributed by atoms with Gasteiger partial charge in [0.15, 0.2) is 0 Å². The standard InChI is InChI=1S/C17H24N2O2/c1-18-8-2-5-14(18)15-6-3-9-19(15)17(20)13-11-12(13)16-7-4-10-21-16/h4,7,10,12-15H,2-3,5-6,8-9,11H2,1H3/t12-,13-,14+,15-/m0/s1. The summed E-state index contributed by atoms with van der Waals surface area (Å²) >= 11 is 0. The molecule has 1 aliphatic carbocycles. The highest BCUT2D eigenvalue weighted by Crippen LogP contribution is 2.49. The number of nitrogens with zero attached hydrogens (tertiary/aromatic N) is 2. The Balaban J connectivity index is 1.44. The molecule has 1 amide bonds. The third-order valence-corrected chi connectivity index (χ3v) is 5.62. The molecule has 4 rings (SSSR count). The first-order chi connectivity index (χ1) is 10.3. The van der Waals surface area contributed by atoms with Crippen molar-refractivity contribution in [3.05, 3.63) is 24.2 Å². The summed E-state index contributed by atoms with van der Waals surface area (Å²) in [5, 5.41) is 0. The van der Waals surface area contributed by atoms with Gasteiger partial charge in [0.05, 0.1) is 6.26 Å². The van der Waals surface area contributed by atoms with Gasteiger partial charge in [-0.3, -0.25) is 4.79 Å². The summed E-state index contributed by atoms with van der Waals surface area (Å²) in [7, 11) is 2.21. The van der Waals surface area contributed by atoms with Crippen molar-refractivity contribution in [1.82, 2.24) is 9.80 Å². The second-order valence-electron chi connectivity index (χ2n) is 6.90. The van der Waals surface area contributed by atoms with E-state index in [1.165, 1.54) is 32.2 Å². The van der Waals surface area contributed by atoms with E-state index in [2.05, 4.69) is 16.8 Å². The maximum absolute atomic E-state index is 12.9. The Labute approximate surface area is 126 Å². The van der Waals surface area contributed by atoms with Crippen molar-refractivity contribution in [1.29, 1.82) is 0 Å². The summed E-state index contributed by atoms with van der Waals surface area (Å²) in [6.45, 7) is 2.14. The molecule has 0 spiro atoms. The number of carbonyl (C=O) groups is 1. The Bertz CT molecular complexity index is 513. The molecule has 0 bridgehead atoms. The van der Waals surface area contributed by atoms with Crippen LogP contribution in [0.3, 0.4) is 0 Å². The topological polar surface area (TPSA) is 36.7 Å². The lowest BCUT2D eigenvalue weighted by Crippen LogP contribution is -2.47. The van der Waals surface area contributed by atoms with Gasteiger partial charge in [0.1, 0.15) is 5.76 Å². The number of rotatable bonds is 3. The molecule has 1 aromatic heterocycles. The third-order valence-electron chi connectivity index (χ3n) is 5.62. The van der Waals surface area contributed by atoms with E-state index >= 15 is 0 Å². The van der Waals surface area contributed by atoms with Crippen LogP contribution >= 0.6 is 0 Å². The Morgan fingerprint density at radius 3 is 2.76 bits per heavy atom. The summed E-state index contributed by atoms with van der Waals surface area (Å²) in [6.07, 6.45) is 7.55. The number of likely N-dealkylation sites (tertiary alicyclic amines) is 2. The molecule has 3 heterocycles. The van der Waals surface area contributed by atoms with Crippen molar-refractivity contribution in [2.75, 3.05) is 20.1 Å². The molecule has 4 nitrogen and oxygen atoms in total. The first-order valence-corrected chi connectivity index (χ1v) is 8.30. The normalized spacial score (nSPS) is 36.3. The highest BCUT2D eigenvalue weighted by atomic mass is 16.3. The van der Waals surface area contributed by atoms with Gasteiger partial charge in [-0.05, 0) is 57.8 Å². The number of hydrogen-bond acceptors (Lipinski definition) is 3. The van der Waals surface area contributed by atoms with E-state index in [-0.39, 0.29) is 5.92 Å². The largest absolute Gasteiger partial charge is 0.469 e. The Morgan fingerprint density at radius 1 is 1.24 bits per heavy atom. The predicted molar refractivity (Wildman–Crippen MR) is 79.9 cm³/mol. The summed E-state index contributed by atoms with van der Waals surface area (Å²) < 4.78 is 5.47. The van der Waals surface area contributed by atoms with Crippen LogP contribution in [0.25, 0.3) is 0 Å². The van der Waals surface area contributed by atoms with Crippen molar-refractivity contribution in [3.63, 3.8) is 0 Å². The van der Waals surface area contributed by atoms with Gasteiger partial charge >= 0.3 is 0 Å². The Hall–Kier alpha value is -1.29. The number of hydrogen-bond donors (Lipinski definition) is 0. The zero-order chi connectivity index (χ0) is 14.4. The van der Waals surface area contributed by atoms with Crippen LogP contribution in [-0.4, -0.2) is 47.9 Å². The maximum atomic E-state index is 12.9. The molecule has 114 valence electrons. The van der Waals surface area contributed by atoms with Crippen LogP contribution < -0.4 is 0 Å². The van der Waals surface area contributed by atoms with E-state index in [4.69, 9.17) is 4.42 Å². The number of carbonyl (C=O) groups excluding carboxylic acids is 1. The first-order valence-electron chi connectivity index (χ1n) is 8.30. The van der Waals surface area contributed by atoms with Crippen LogP contribution in [-0.2, 0) is 4.79 Å². The molecule has 0 N–H and O–H groups in total. The fraction of sp³-hybridized carbons (Fsp3) is 0.706. The van der Waals surface area contributed by atoms with Crippen LogP contribution in [0.5, 0.6) is 0 Å². The van der Waals surface area contributed by atoms with Crippen molar-refractivity contribution in [2.24, 2.45) is 5.92 Å². The predicted octanol–water partition coefficient (Wildman–Crippen LogP) is 2.47. The van der Waals surface area contributed by atoms with Gasteiger partial charge in [-0.2, -0.15) is 0 Å². The molecule has 3 aliphatic rings. The second kappa shape index (κ2) is 5.16. The lowest BCUT2D eigenvalue weighted by Gasteiger charge is -2.33. The van der Waals surface area contributed by atoms with Crippen LogP contribution in [0.15, 0.2) is 22.8 Å². The van der Waals surface area contributed by atoms with Gasteiger partial charge < -0.3 is 14.2 Å². The minimum absolute atomic E-state index is 0.170. The zero-order valence-electron chi connectivity index (χ0n) is 12.7.